The van der Waals surface area contributed by atoms with Crippen molar-refractivity contribution in [2.75, 3.05) is 17.7 Å². The highest BCUT2D eigenvalue weighted by Crippen LogP contribution is 2.23. The van der Waals surface area contributed by atoms with Gasteiger partial charge in [-0.1, -0.05) is 12.1 Å². The van der Waals surface area contributed by atoms with E-state index >= 15 is 0 Å². The summed E-state index contributed by atoms with van der Waals surface area (Å²) in [5.74, 6) is 0.741. The Bertz CT molecular complexity index is 390. The Morgan fingerprint density at radius 1 is 1.44 bits per heavy atom. The molecule has 0 fully saturated rings. The van der Waals surface area contributed by atoms with Crippen LogP contribution in [0.4, 0.5) is 5.69 Å². The second-order valence-corrected chi connectivity index (χ2v) is 4.50. The predicted octanol–water partition coefficient (Wildman–Crippen LogP) is 3.25. The van der Waals surface area contributed by atoms with Gasteiger partial charge in [0.05, 0.1) is 0 Å². The fourth-order valence-corrected chi connectivity index (χ4v) is 2.14. The maximum atomic E-state index is 11.8. The van der Waals surface area contributed by atoms with Crippen LogP contribution < -0.4 is 5.32 Å². The lowest BCUT2D eigenvalue weighted by Gasteiger charge is -2.18. The maximum Gasteiger partial charge on any atom is 0.162 e. The van der Waals surface area contributed by atoms with E-state index in [1.165, 1.54) is 12.0 Å². The minimum absolute atomic E-state index is 0.191. The van der Waals surface area contributed by atoms with Crippen molar-refractivity contribution in [3.63, 3.8) is 0 Å². The number of carbonyl (C=O) groups excluding carboxylic acids is 1. The summed E-state index contributed by atoms with van der Waals surface area (Å²) >= 11 is 5.58. The van der Waals surface area contributed by atoms with Gasteiger partial charge in [0.2, 0.25) is 0 Å². The van der Waals surface area contributed by atoms with Crippen molar-refractivity contribution < 1.29 is 4.79 Å². The third-order valence-electron chi connectivity index (χ3n) is 2.91. The lowest BCUT2D eigenvalue weighted by atomic mass is 9.98. The first-order chi connectivity index (χ1) is 7.81. The van der Waals surface area contributed by atoms with Crippen LogP contribution in [0.1, 0.15) is 35.2 Å². The predicted molar refractivity (Wildman–Crippen MR) is 67.5 cm³/mol. The average molecular weight is 238 g/mol. The zero-order valence-electron chi connectivity index (χ0n) is 9.26. The quantitative estimate of drug-likeness (QED) is 0.644. The molecule has 0 saturated heterocycles. The average Bonchev–Trinajstić information content (AvgIpc) is 2.35. The summed E-state index contributed by atoms with van der Waals surface area (Å²) in [7, 11) is 0. The lowest BCUT2D eigenvalue weighted by molar-refractivity contribution is 0.0982. The van der Waals surface area contributed by atoms with E-state index in [1.54, 1.807) is 0 Å². The first-order valence-corrected chi connectivity index (χ1v) is 6.30. The Morgan fingerprint density at radius 3 is 3.12 bits per heavy atom. The Balaban J connectivity index is 2.13. The van der Waals surface area contributed by atoms with Crippen molar-refractivity contribution in [2.24, 2.45) is 0 Å². The number of Topliss-reactive ketones (excluding diaryl/α,β-unsaturated/α-hetero) is 1. The standard InChI is InChI=1S/C13H16ClNO/c14-7-1-4-13(16)11-6-5-10-3-2-8-15-12(10)9-11/h5-6,9,15H,1-4,7-8H2. The van der Waals surface area contributed by atoms with E-state index < -0.39 is 0 Å². The van der Waals surface area contributed by atoms with Crippen molar-refractivity contribution in [1.29, 1.82) is 0 Å². The summed E-state index contributed by atoms with van der Waals surface area (Å²) in [5, 5.41) is 3.34. The van der Waals surface area contributed by atoms with Crippen molar-refractivity contribution >= 4 is 23.1 Å². The van der Waals surface area contributed by atoms with Crippen LogP contribution in [0, 0.1) is 0 Å². The third-order valence-corrected chi connectivity index (χ3v) is 3.17. The highest BCUT2D eigenvalue weighted by molar-refractivity contribution is 6.18. The van der Waals surface area contributed by atoms with Crippen LogP contribution in [0.25, 0.3) is 0 Å². The number of alkyl halides is 1. The number of anilines is 1. The van der Waals surface area contributed by atoms with Gasteiger partial charge >= 0.3 is 0 Å². The molecule has 2 nitrogen and oxygen atoms in total. The number of rotatable bonds is 4. The molecular formula is C13H16ClNO. The molecule has 1 aliphatic rings. The molecule has 16 heavy (non-hydrogen) atoms. The summed E-state index contributed by atoms with van der Waals surface area (Å²) in [5.41, 5.74) is 3.25. The Hall–Kier alpha value is -1.02. The minimum Gasteiger partial charge on any atom is -0.385 e. The molecule has 1 N–H and O–H groups in total. The second kappa shape index (κ2) is 5.35. The van der Waals surface area contributed by atoms with Gasteiger partial charge in [0, 0.05) is 30.1 Å². The van der Waals surface area contributed by atoms with Crippen LogP contribution in [0.5, 0.6) is 0 Å². The number of ketones is 1. The molecule has 1 aromatic rings. The zero-order valence-corrected chi connectivity index (χ0v) is 10.0. The van der Waals surface area contributed by atoms with E-state index in [4.69, 9.17) is 11.6 Å². The van der Waals surface area contributed by atoms with E-state index in [9.17, 15) is 4.79 Å². The molecule has 0 aliphatic carbocycles. The van der Waals surface area contributed by atoms with E-state index in [2.05, 4.69) is 11.4 Å². The first-order valence-electron chi connectivity index (χ1n) is 5.77. The SMILES string of the molecule is O=C(CCCCl)c1ccc2c(c1)NCCC2. The summed E-state index contributed by atoms with van der Waals surface area (Å²) in [6, 6.07) is 5.98. The van der Waals surface area contributed by atoms with Gasteiger partial charge in [0.25, 0.3) is 0 Å². The van der Waals surface area contributed by atoms with E-state index in [0.29, 0.717) is 12.3 Å². The molecule has 0 atom stereocenters. The van der Waals surface area contributed by atoms with Gasteiger partial charge in [-0.2, -0.15) is 0 Å². The van der Waals surface area contributed by atoms with E-state index in [1.807, 2.05) is 12.1 Å². The summed E-state index contributed by atoms with van der Waals surface area (Å²) in [4.78, 5) is 11.8. The lowest BCUT2D eigenvalue weighted by Crippen LogP contribution is -2.12. The third kappa shape index (κ3) is 2.56. The fourth-order valence-electron chi connectivity index (χ4n) is 2.01. The minimum atomic E-state index is 0.191. The van der Waals surface area contributed by atoms with Crippen molar-refractivity contribution in [3.05, 3.63) is 29.3 Å². The van der Waals surface area contributed by atoms with E-state index in [-0.39, 0.29) is 5.78 Å². The van der Waals surface area contributed by atoms with Gasteiger partial charge in [0.15, 0.2) is 5.78 Å². The molecule has 0 saturated carbocycles. The summed E-state index contributed by atoms with van der Waals surface area (Å²) in [6.45, 7) is 1.01. The van der Waals surface area contributed by atoms with Gasteiger partial charge < -0.3 is 5.32 Å². The largest absolute Gasteiger partial charge is 0.385 e. The van der Waals surface area contributed by atoms with Gasteiger partial charge in [-0.15, -0.1) is 11.6 Å². The summed E-state index contributed by atoms with van der Waals surface area (Å²) < 4.78 is 0. The normalized spacial score (nSPS) is 14.1. The Labute approximate surface area is 101 Å². The van der Waals surface area contributed by atoms with E-state index in [0.717, 1.165) is 30.6 Å². The number of hydrogen-bond donors (Lipinski definition) is 1. The van der Waals surface area contributed by atoms with Crippen LogP contribution >= 0.6 is 11.6 Å². The highest BCUT2D eigenvalue weighted by Gasteiger charge is 2.11. The molecule has 1 heterocycles. The number of nitrogens with one attached hydrogen (secondary N) is 1. The highest BCUT2D eigenvalue weighted by atomic mass is 35.5. The molecule has 0 radical (unpaired) electrons. The number of carbonyl (C=O) groups is 1. The molecule has 1 aliphatic heterocycles. The number of benzene rings is 1. The monoisotopic (exact) mass is 237 g/mol. The number of aryl methyl sites for hydroxylation is 1. The van der Waals surface area contributed by atoms with Crippen LogP contribution in [-0.2, 0) is 6.42 Å². The zero-order chi connectivity index (χ0) is 11.4. The molecule has 0 unspecified atom stereocenters. The number of hydrogen-bond acceptors (Lipinski definition) is 2. The van der Waals surface area contributed by atoms with Crippen molar-refractivity contribution in [1.82, 2.24) is 0 Å². The maximum absolute atomic E-state index is 11.8. The fraction of sp³-hybridized carbons (Fsp3) is 0.462. The molecule has 0 aromatic heterocycles. The molecule has 1 aromatic carbocycles. The number of fused-ring (bicyclic) bond motifs is 1. The van der Waals surface area contributed by atoms with Crippen LogP contribution in [0.15, 0.2) is 18.2 Å². The molecule has 0 spiro atoms. The smallest absolute Gasteiger partial charge is 0.162 e. The van der Waals surface area contributed by atoms with Gasteiger partial charge in [-0.3, -0.25) is 4.79 Å². The van der Waals surface area contributed by atoms with Crippen LogP contribution in [0.3, 0.4) is 0 Å². The topological polar surface area (TPSA) is 29.1 Å². The van der Waals surface area contributed by atoms with Crippen molar-refractivity contribution in [2.45, 2.75) is 25.7 Å². The molecule has 0 bridgehead atoms. The van der Waals surface area contributed by atoms with Crippen LogP contribution in [0.2, 0.25) is 0 Å². The molecule has 86 valence electrons. The van der Waals surface area contributed by atoms with Crippen molar-refractivity contribution in [3.8, 4) is 0 Å². The Morgan fingerprint density at radius 2 is 2.31 bits per heavy atom. The van der Waals surface area contributed by atoms with Gasteiger partial charge in [-0.25, -0.2) is 0 Å². The van der Waals surface area contributed by atoms with Crippen LogP contribution in [-0.4, -0.2) is 18.2 Å². The molecule has 2 rings (SSSR count). The summed E-state index contributed by atoms with van der Waals surface area (Å²) in [6.07, 6.45) is 3.58. The first kappa shape index (κ1) is 11.5. The number of halogens is 1. The molecule has 3 heteroatoms. The van der Waals surface area contributed by atoms with Gasteiger partial charge in [-0.05, 0) is 30.9 Å². The second-order valence-electron chi connectivity index (χ2n) is 4.12. The Kier molecular flexibility index (Phi) is 3.83. The molecular weight excluding hydrogens is 222 g/mol. The molecule has 0 amide bonds. The van der Waals surface area contributed by atoms with Gasteiger partial charge in [0.1, 0.15) is 0 Å².